The Balaban J connectivity index is 2.42. The molecular weight excluding hydrogens is 318 g/mol. The number of hydrogen-bond donors (Lipinski definition) is 1. The van der Waals surface area contributed by atoms with E-state index in [0.717, 1.165) is 24.4 Å². The molecule has 0 aliphatic heterocycles. The number of carbonyl (C=O) groups excluding carboxylic acids is 2. The van der Waals surface area contributed by atoms with E-state index in [1.54, 1.807) is 11.8 Å². The average molecular weight is 349 g/mol. The quantitative estimate of drug-likeness (QED) is 0.705. The molecule has 0 aliphatic carbocycles. The van der Waals surface area contributed by atoms with Gasteiger partial charge in [-0.15, -0.1) is 0 Å². The largest absolute Gasteiger partial charge is 0.491 e. The molecule has 0 atom stereocenters. The first-order valence-corrected chi connectivity index (χ1v) is 8.74. The Morgan fingerprint density at radius 2 is 1.72 bits per heavy atom. The first-order chi connectivity index (χ1) is 11.8. The van der Waals surface area contributed by atoms with Crippen molar-refractivity contribution in [3.8, 4) is 5.75 Å². The first kappa shape index (κ1) is 21.0. The maximum absolute atomic E-state index is 12.1. The minimum Gasteiger partial charge on any atom is -0.491 e. The van der Waals surface area contributed by atoms with Crippen LogP contribution >= 0.6 is 0 Å². The van der Waals surface area contributed by atoms with Crippen LogP contribution in [0.2, 0.25) is 0 Å². The van der Waals surface area contributed by atoms with E-state index in [1.165, 1.54) is 0 Å². The van der Waals surface area contributed by atoms with Crippen LogP contribution in [0.25, 0.3) is 0 Å². The topological polar surface area (TPSA) is 61.9 Å². The third-order valence-electron chi connectivity index (χ3n) is 3.60. The minimum atomic E-state index is -0.101. The molecule has 0 saturated heterocycles. The SMILES string of the molecule is CC(=O)N(CCCN(C)C)CCC(=O)Nc1ccc(OC(C)C)cc1. The maximum atomic E-state index is 12.1. The molecule has 140 valence electrons. The van der Waals surface area contributed by atoms with E-state index in [4.69, 9.17) is 4.74 Å². The standard InChI is InChI=1S/C19H31N3O3/c1-15(2)25-18-9-7-17(8-10-18)20-19(24)11-14-22(16(3)23)13-6-12-21(4)5/h7-10,15H,6,11-14H2,1-5H3,(H,20,24). The number of rotatable bonds is 10. The molecule has 25 heavy (non-hydrogen) atoms. The second-order valence-corrected chi connectivity index (χ2v) is 6.65. The fourth-order valence-corrected chi connectivity index (χ4v) is 2.35. The third kappa shape index (κ3) is 9.10. The van der Waals surface area contributed by atoms with Crippen LogP contribution in [0.15, 0.2) is 24.3 Å². The van der Waals surface area contributed by atoms with Crippen molar-refractivity contribution in [1.82, 2.24) is 9.80 Å². The lowest BCUT2D eigenvalue weighted by atomic mass is 10.2. The summed E-state index contributed by atoms with van der Waals surface area (Å²) in [5.41, 5.74) is 0.725. The molecule has 0 aliphatic rings. The first-order valence-electron chi connectivity index (χ1n) is 8.74. The summed E-state index contributed by atoms with van der Waals surface area (Å²) >= 11 is 0. The van der Waals surface area contributed by atoms with Crippen LogP contribution in [0.3, 0.4) is 0 Å². The Kier molecular flexibility index (Phi) is 8.99. The maximum Gasteiger partial charge on any atom is 0.226 e. The highest BCUT2D eigenvalue weighted by molar-refractivity contribution is 5.91. The highest BCUT2D eigenvalue weighted by Crippen LogP contribution is 2.17. The molecule has 2 amide bonds. The van der Waals surface area contributed by atoms with Crippen molar-refractivity contribution in [2.45, 2.75) is 39.7 Å². The molecular formula is C19H31N3O3. The number of benzene rings is 1. The van der Waals surface area contributed by atoms with Gasteiger partial charge in [-0.3, -0.25) is 9.59 Å². The van der Waals surface area contributed by atoms with Crippen LogP contribution in [0.5, 0.6) is 5.75 Å². The van der Waals surface area contributed by atoms with Crippen molar-refractivity contribution >= 4 is 17.5 Å². The van der Waals surface area contributed by atoms with Gasteiger partial charge in [0.15, 0.2) is 0 Å². The molecule has 0 radical (unpaired) electrons. The molecule has 0 heterocycles. The average Bonchev–Trinajstić information content (AvgIpc) is 2.51. The molecule has 1 aromatic rings. The fourth-order valence-electron chi connectivity index (χ4n) is 2.35. The summed E-state index contributed by atoms with van der Waals surface area (Å²) in [5, 5.41) is 2.85. The zero-order valence-electron chi connectivity index (χ0n) is 16.0. The van der Waals surface area contributed by atoms with Crippen molar-refractivity contribution in [2.75, 3.05) is 39.0 Å². The zero-order valence-corrected chi connectivity index (χ0v) is 16.0. The Morgan fingerprint density at radius 3 is 2.24 bits per heavy atom. The number of carbonyl (C=O) groups is 2. The van der Waals surface area contributed by atoms with Crippen LogP contribution in [-0.2, 0) is 9.59 Å². The molecule has 0 aromatic heterocycles. The van der Waals surface area contributed by atoms with Gasteiger partial charge in [0.25, 0.3) is 0 Å². The fraction of sp³-hybridized carbons (Fsp3) is 0.579. The summed E-state index contributed by atoms with van der Waals surface area (Å²) < 4.78 is 5.57. The summed E-state index contributed by atoms with van der Waals surface area (Å²) in [6.07, 6.45) is 1.29. The number of nitrogens with zero attached hydrogens (tertiary/aromatic N) is 2. The van der Waals surface area contributed by atoms with E-state index in [1.807, 2.05) is 52.2 Å². The lowest BCUT2D eigenvalue weighted by Gasteiger charge is -2.21. The van der Waals surface area contributed by atoms with Crippen LogP contribution in [0.1, 0.15) is 33.6 Å². The van der Waals surface area contributed by atoms with Crippen molar-refractivity contribution in [3.05, 3.63) is 24.3 Å². The lowest BCUT2D eigenvalue weighted by Crippen LogP contribution is -2.34. The number of nitrogens with one attached hydrogen (secondary N) is 1. The van der Waals surface area contributed by atoms with Crippen LogP contribution in [0.4, 0.5) is 5.69 Å². The molecule has 1 aromatic carbocycles. The van der Waals surface area contributed by atoms with Gasteiger partial charge in [0.1, 0.15) is 5.75 Å². The Bertz CT molecular complexity index is 541. The second kappa shape index (κ2) is 10.7. The van der Waals surface area contributed by atoms with Crippen molar-refractivity contribution < 1.29 is 14.3 Å². The summed E-state index contributed by atoms with van der Waals surface area (Å²) in [7, 11) is 4.01. The number of ether oxygens (including phenoxy) is 1. The predicted octanol–water partition coefficient (Wildman–Crippen LogP) is 2.60. The van der Waals surface area contributed by atoms with Gasteiger partial charge in [-0.25, -0.2) is 0 Å². The monoisotopic (exact) mass is 349 g/mol. The molecule has 6 nitrogen and oxygen atoms in total. The van der Waals surface area contributed by atoms with E-state index in [9.17, 15) is 9.59 Å². The van der Waals surface area contributed by atoms with Gasteiger partial charge < -0.3 is 19.9 Å². The van der Waals surface area contributed by atoms with Crippen molar-refractivity contribution in [1.29, 1.82) is 0 Å². The van der Waals surface area contributed by atoms with Gasteiger partial charge in [-0.2, -0.15) is 0 Å². The lowest BCUT2D eigenvalue weighted by molar-refractivity contribution is -0.129. The molecule has 0 saturated carbocycles. The third-order valence-corrected chi connectivity index (χ3v) is 3.60. The molecule has 0 unspecified atom stereocenters. The zero-order chi connectivity index (χ0) is 18.8. The molecule has 1 rings (SSSR count). The van der Waals surface area contributed by atoms with Gasteiger partial charge >= 0.3 is 0 Å². The Morgan fingerprint density at radius 1 is 1.08 bits per heavy atom. The van der Waals surface area contributed by atoms with Gasteiger partial charge in [0.05, 0.1) is 6.10 Å². The molecule has 0 bridgehead atoms. The molecule has 0 fully saturated rings. The number of amides is 2. The smallest absolute Gasteiger partial charge is 0.226 e. The van der Waals surface area contributed by atoms with Crippen LogP contribution in [-0.4, -0.2) is 61.4 Å². The minimum absolute atomic E-state index is 0.00161. The molecule has 0 spiro atoms. The van der Waals surface area contributed by atoms with Crippen LogP contribution in [0, 0.1) is 0 Å². The summed E-state index contributed by atoms with van der Waals surface area (Å²) in [4.78, 5) is 27.6. The van der Waals surface area contributed by atoms with Gasteiger partial charge in [-0.1, -0.05) is 0 Å². The van der Waals surface area contributed by atoms with Gasteiger partial charge in [0, 0.05) is 32.1 Å². The van der Waals surface area contributed by atoms with E-state index < -0.39 is 0 Å². The summed E-state index contributed by atoms with van der Waals surface area (Å²) in [6.45, 7) is 7.50. The van der Waals surface area contributed by atoms with Crippen molar-refractivity contribution in [2.24, 2.45) is 0 Å². The van der Waals surface area contributed by atoms with E-state index in [0.29, 0.717) is 13.1 Å². The molecule has 1 N–H and O–H groups in total. The van der Waals surface area contributed by atoms with Crippen LogP contribution < -0.4 is 10.1 Å². The molecule has 6 heteroatoms. The second-order valence-electron chi connectivity index (χ2n) is 6.65. The normalized spacial score (nSPS) is 10.8. The Hall–Kier alpha value is -2.08. The van der Waals surface area contributed by atoms with Crippen molar-refractivity contribution in [3.63, 3.8) is 0 Å². The van der Waals surface area contributed by atoms with E-state index in [-0.39, 0.29) is 24.3 Å². The summed E-state index contributed by atoms with van der Waals surface area (Å²) in [6, 6.07) is 7.29. The summed E-state index contributed by atoms with van der Waals surface area (Å²) in [5.74, 6) is 0.676. The van der Waals surface area contributed by atoms with Gasteiger partial charge in [-0.05, 0) is 65.2 Å². The number of hydrogen-bond acceptors (Lipinski definition) is 4. The highest BCUT2D eigenvalue weighted by atomic mass is 16.5. The van der Waals surface area contributed by atoms with E-state index in [2.05, 4.69) is 10.2 Å². The number of anilines is 1. The Labute approximate surface area is 151 Å². The predicted molar refractivity (Wildman–Crippen MR) is 101 cm³/mol. The van der Waals surface area contributed by atoms with Gasteiger partial charge in [0.2, 0.25) is 11.8 Å². The van der Waals surface area contributed by atoms with E-state index >= 15 is 0 Å². The highest BCUT2D eigenvalue weighted by Gasteiger charge is 2.11.